The number of para-hydroxylation sites is 1. The van der Waals surface area contributed by atoms with Crippen molar-refractivity contribution in [3.8, 4) is 5.75 Å². The molecule has 3 aromatic rings. The zero-order valence-electron chi connectivity index (χ0n) is 18.9. The van der Waals surface area contributed by atoms with E-state index in [0.717, 1.165) is 11.1 Å². The Kier molecular flexibility index (Phi) is 8.51. The molecule has 0 aliphatic rings. The first-order valence-electron chi connectivity index (χ1n) is 10.8. The zero-order chi connectivity index (χ0) is 24.5. The molecule has 2 N–H and O–H groups in total. The summed E-state index contributed by atoms with van der Waals surface area (Å²) in [4.78, 5) is 26.4. The van der Waals surface area contributed by atoms with Crippen molar-refractivity contribution in [3.63, 3.8) is 0 Å². The molecule has 7 heteroatoms. The van der Waals surface area contributed by atoms with E-state index in [4.69, 9.17) is 0 Å². The van der Waals surface area contributed by atoms with Crippen LogP contribution in [0.15, 0.2) is 90.5 Å². The summed E-state index contributed by atoms with van der Waals surface area (Å²) in [5.41, 5.74) is 1.67. The lowest BCUT2D eigenvalue weighted by molar-refractivity contribution is -0.124. The third-order valence-electron chi connectivity index (χ3n) is 5.22. The molecule has 0 aliphatic heterocycles. The number of amides is 2. The van der Waals surface area contributed by atoms with E-state index in [1.54, 1.807) is 19.9 Å². The highest BCUT2D eigenvalue weighted by atomic mass is 19.3. The minimum Gasteiger partial charge on any atom is -0.434 e. The summed E-state index contributed by atoms with van der Waals surface area (Å²) in [5.74, 6) is -1.41. The Morgan fingerprint density at radius 3 is 1.65 bits per heavy atom. The van der Waals surface area contributed by atoms with E-state index in [0.29, 0.717) is 0 Å². The molecule has 0 fully saturated rings. The molecular weight excluding hydrogens is 438 g/mol. The second kappa shape index (κ2) is 11.7. The molecule has 0 saturated carbocycles. The summed E-state index contributed by atoms with van der Waals surface area (Å²) in [6, 6.07) is 23.8. The number of halogens is 2. The van der Waals surface area contributed by atoms with Crippen LogP contribution in [0.1, 0.15) is 42.6 Å². The van der Waals surface area contributed by atoms with Gasteiger partial charge in [-0.3, -0.25) is 9.59 Å². The Morgan fingerprint density at radius 1 is 0.735 bits per heavy atom. The van der Waals surface area contributed by atoms with Crippen molar-refractivity contribution in [1.29, 1.82) is 0 Å². The van der Waals surface area contributed by atoms with Gasteiger partial charge in [0.15, 0.2) is 0 Å². The number of alkyl halides is 2. The van der Waals surface area contributed by atoms with Gasteiger partial charge in [0.05, 0.1) is 12.1 Å². The molecule has 0 heterocycles. The lowest BCUT2D eigenvalue weighted by Gasteiger charge is -2.19. The number of nitrogens with one attached hydrogen (secondary N) is 2. The van der Waals surface area contributed by atoms with E-state index >= 15 is 0 Å². The summed E-state index contributed by atoms with van der Waals surface area (Å²) in [6.07, 6.45) is 1.26. The predicted octanol–water partition coefficient (Wildman–Crippen LogP) is 5.43. The highest BCUT2D eigenvalue weighted by molar-refractivity contribution is 6.22. The zero-order valence-corrected chi connectivity index (χ0v) is 18.9. The third-order valence-corrected chi connectivity index (χ3v) is 5.22. The Hall–Kier alpha value is -4.00. The van der Waals surface area contributed by atoms with Crippen molar-refractivity contribution in [2.45, 2.75) is 32.5 Å². The summed E-state index contributed by atoms with van der Waals surface area (Å²) in [7, 11) is 0. The quantitative estimate of drug-likeness (QED) is 0.252. The van der Waals surface area contributed by atoms with Crippen LogP contribution in [0.3, 0.4) is 0 Å². The van der Waals surface area contributed by atoms with Gasteiger partial charge in [-0.15, -0.1) is 0 Å². The topological polar surface area (TPSA) is 67.4 Å². The maximum Gasteiger partial charge on any atom is 0.387 e. The fourth-order valence-corrected chi connectivity index (χ4v) is 3.39. The van der Waals surface area contributed by atoms with Crippen LogP contribution in [0.25, 0.3) is 6.08 Å². The van der Waals surface area contributed by atoms with Crippen LogP contribution in [0.5, 0.6) is 5.75 Å². The summed E-state index contributed by atoms with van der Waals surface area (Å²) < 4.78 is 30.3. The maximum absolute atomic E-state index is 13.2. The van der Waals surface area contributed by atoms with Crippen molar-refractivity contribution >= 4 is 17.9 Å². The molecule has 0 aromatic heterocycles. The number of rotatable bonds is 9. The Bertz CT molecular complexity index is 1070. The van der Waals surface area contributed by atoms with Crippen molar-refractivity contribution in [2.24, 2.45) is 0 Å². The Labute approximate surface area is 197 Å². The van der Waals surface area contributed by atoms with Gasteiger partial charge in [0, 0.05) is 5.56 Å². The van der Waals surface area contributed by atoms with E-state index in [-0.39, 0.29) is 29.0 Å². The van der Waals surface area contributed by atoms with Crippen molar-refractivity contribution in [1.82, 2.24) is 10.6 Å². The van der Waals surface area contributed by atoms with Crippen LogP contribution < -0.4 is 15.4 Å². The average molecular weight is 465 g/mol. The van der Waals surface area contributed by atoms with E-state index in [9.17, 15) is 18.4 Å². The molecule has 2 unspecified atom stereocenters. The second-order valence-electron chi connectivity index (χ2n) is 7.69. The first-order chi connectivity index (χ1) is 16.3. The van der Waals surface area contributed by atoms with E-state index in [1.165, 1.54) is 24.3 Å². The lowest BCUT2D eigenvalue weighted by atomic mass is 10.0. The van der Waals surface area contributed by atoms with Crippen molar-refractivity contribution < 1.29 is 23.1 Å². The van der Waals surface area contributed by atoms with Gasteiger partial charge in [0.2, 0.25) is 0 Å². The molecular formula is C27H26F2N2O3. The maximum atomic E-state index is 13.2. The van der Waals surface area contributed by atoms with Crippen LogP contribution >= 0.6 is 0 Å². The summed E-state index contributed by atoms with van der Waals surface area (Å²) >= 11 is 0. The number of ether oxygens (including phenoxy) is 1. The Balaban J connectivity index is 1.92. The molecule has 0 radical (unpaired) electrons. The molecule has 176 valence electrons. The number of benzene rings is 3. The van der Waals surface area contributed by atoms with E-state index in [2.05, 4.69) is 15.4 Å². The molecule has 2 amide bonds. The van der Waals surface area contributed by atoms with Gasteiger partial charge in [-0.1, -0.05) is 78.9 Å². The van der Waals surface area contributed by atoms with Crippen molar-refractivity contribution in [2.75, 3.05) is 0 Å². The minimum absolute atomic E-state index is 0.136. The minimum atomic E-state index is -3.04. The average Bonchev–Trinajstić information content (AvgIpc) is 2.84. The van der Waals surface area contributed by atoms with Crippen LogP contribution in [0.4, 0.5) is 8.78 Å². The van der Waals surface area contributed by atoms with Crippen molar-refractivity contribution in [3.05, 3.63) is 107 Å². The first kappa shape index (κ1) is 24.6. The molecule has 5 nitrogen and oxygen atoms in total. The Morgan fingerprint density at radius 2 is 1.18 bits per heavy atom. The normalized spacial score (nSPS) is 12.4. The molecule has 0 spiro atoms. The van der Waals surface area contributed by atoms with Crippen LogP contribution in [0, 0.1) is 0 Å². The molecule has 34 heavy (non-hydrogen) atoms. The van der Waals surface area contributed by atoms with Crippen LogP contribution in [0.2, 0.25) is 0 Å². The van der Waals surface area contributed by atoms with Gasteiger partial charge < -0.3 is 15.4 Å². The SMILES string of the molecule is CC(NC(=O)C(=Cc1ccccc1OC(F)F)C(=O)NC(C)c1ccccc1)c1ccccc1. The highest BCUT2D eigenvalue weighted by Crippen LogP contribution is 2.24. The smallest absolute Gasteiger partial charge is 0.387 e. The highest BCUT2D eigenvalue weighted by Gasteiger charge is 2.23. The van der Waals surface area contributed by atoms with Crippen LogP contribution in [-0.4, -0.2) is 18.4 Å². The van der Waals surface area contributed by atoms with Gasteiger partial charge in [-0.2, -0.15) is 8.78 Å². The fraction of sp³-hybridized carbons (Fsp3) is 0.185. The number of hydrogen-bond acceptors (Lipinski definition) is 3. The van der Waals surface area contributed by atoms with E-state index in [1.807, 2.05) is 60.7 Å². The predicted molar refractivity (Wildman–Crippen MR) is 127 cm³/mol. The largest absolute Gasteiger partial charge is 0.434 e. The first-order valence-corrected chi connectivity index (χ1v) is 10.8. The van der Waals surface area contributed by atoms with Gasteiger partial charge in [0.25, 0.3) is 11.8 Å². The van der Waals surface area contributed by atoms with Crippen LogP contribution in [-0.2, 0) is 9.59 Å². The molecule has 0 saturated heterocycles. The third kappa shape index (κ3) is 6.75. The molecule has 0 aliphatic carbocycles. The van der Waals surface area contributed by atoms with E-state index < -0.39 is 18.4 Å². The number of carbonyl (C=O) groups is 2. The van der Waals surface area contributed by atoms with Gasteiger partial charge in [-0.05, 0) is 37.1 Å². The van der Waals surface area contributed by atoms with Gasteiger partial charge in [-0.25, -0.2) is 0 Å². The number of carbonyl (C=O) groups excluding carboxylic acids is 2. The summed E-state index contributed by atoms with van der Waals surface area (Å²) in [5, 5.41) is 5.63. The molecule has 3 aromatic carbocycles. The lowest BCUT2D eigenvalue weighted by Crippen LogP contribution is -2.36. The second-order valence-corrected chi connectivity index (χ2v) is 7.69. The summed E-state index contributed by atoms with van der Waals surface area (Å²) in [6.45, 7) is 0.545. The van der Waals surface area contributed by atoms with Gasteiger partial charge >= 0.3 is 6.61 Å². The molecule has 2 atom stereocenters. The fourth-order valence-electron chi connectivity index (χ4n) is 3.39. The number of hydrogen-bond donors (Lipinski definition) is 2. The molecule has 3 rings (SSSR count). The van der Waals surface area contributed by atoms with Gasteiger partial charge in [0.1, 0.15) is 11.3 Å². The standard InChI is InChI=1S/C27H26F2N2O3/c1-18(20-11-5-3-6-12-20)30-25(32)23(17-22-15-9-10-16-24(22)34-27(28)29)26(33)31-19(2)21-13-7-4-8-14-21/h3-19,27H,1-2H3,(H,30,32)(H,31,33). The molecule has 0 bridgehead atoms. The monoisotopic (exact) mass is 464 g/mol.